The van der Waals surface area contributed by atoms with Crippen LogP contribution in [0.15, 0.2) is 53.0 Å². The Morgan fingerprint density at radius 3 is 2.43 bits per heavy atom. The van der Waals surface area contributed by atoms with E-state index in [-0.39, 0.29) is 17.8 Å². The topological polar surface area (TPSA) is 20.3 Å². The van der Waals surface area contributed by atoms with Crippen LogP contribution >= 0.6 is 15.9 Å². The van der Waals surface area contributed by atoms with Crippen LogP contribution in [0.25, 0.3) is 0 Å². The molecule has 4 heteroatoms. The molecule has 0 saturated carbocycles. The first-order valence-electron chi connectivity index (χ1n) is 6.97. The number of hydrogen-bond donors (Lipinski definition) is 0. The normalized spacial score (nSPS) is 18.0. The number of benzene rings is 2. The Morgan fingerprint density at radius 1 is 1.10 bits per heavy atom. The van der Waals surface area contributed by atoms with Gasteiger partial charge in [0.05, 0.1) is 6.04 Å². The molecular weight excluding hydrogens is 333 g/mol. The first-order chi connectivity index (χ1) is 10.1. The Morgan fingerprint density at radius 2 is 1.76 bits per heavy atom. The number of likely N-dealkylation sites (tertiary alicyclic amines) is 1. The largest absolute Gasteiger partial charge is 0.332 e. The van der Waals surface area contributed by atoms with E-state index < -0.39 is 0 Å². The van der Waals surface area contributed by atoms with Gasteiger partial charge in [-0.25, -0.2) is 4.39 Å². The van der Waals surface area contributed by atoms with Crippen molar-refractivity contribution in [3.63, 3.8) is 0 Å². The number of rotatable bonds is 2. The predicted molar refractivity (Wildman–Crippen MR) is 83.6 cm³/mol. The molecule has 21 heavy (non-hydrogen) atoms. The Bertz CT molecular complexity index is 639. The van der Waals surface area contributed by atoms with Gasteiger partial charge in [-0.15, -0.1) is 0 Å². The summed E-state index contributed by atoms with van der Waals surface area (Å²) in [6.07, 6.45) is 1.90. The number of carbonyl (C=O) groups excluding carboxylic acids is 1. The van der Waals surface area contributed by atoms with Crippen LogP contribution < -0.4 is 0 Å². The average Bonchev–Trinajstić information content (AvgIpc) is 2.97. The second-order valence-electron chi connectivity index (χ2n) is 5.22. The summed E-state index contributed by atoms with van der Waals surface area (Å²) < 4.78 is 14.0. The summed E-state index contributed by atoms with van der Waals surface area (Å²) in [6.45, 7) is 0.747. The number of halogens is 2. The van der Waals surface area contributed by atoms with E-state index in [0.29, 0.717) is 5.56 Å². The first-order valence-corrected chi connectivity index (χ1v) is 7.76. The molecule has 2 aromatic rings. The first kappa shape index (κ1) is 14.3. The lowest BCUT2D eigenvalue weighted by Gasteiger charge is -2.25. The lowest BCUT2D eigenvalue weighted by Crippen LogP contribution is -2.30. The molecule has 1 fully saturated rings. The minimum Gasteiger partial charge on any atom is -0.332 e. The number of amides is 1. The van der Waals surface area contributed by atoms with Gasteiger partial charge in [0, 0.05) is 16.6 Å². The summed E-state index contributed by atoms with van der Waals surface area (Å²) >= 11 is 3.37. The Balaban J connectivity index is 1.85. The zero-order valence-corrected chi connectivity index (χ0v) is 13.0. The summed E-state index contributed by atoms with van der Waals surface area (Å²) in [5, 5.41) is 0. The molecule has 1 saturated heterocycles. The highest BCUT2D eigenvalue weighted by atomic mass is 79.9. The summed E-state index contributed by atoms with van der Waals surface area (Å²) in [4.78, 5) is 14.5. The van der Waals surface area contributed by atoms with Crippen LogP contribution in [0, 0.1) is 5.82 Å². The van der Waals surface area contributed by atoms with Gasteiger partial charge in [0.2, 0.25) is 0 Å². The highest BCUT2D eigenvalue weighted by Crippen LogP contribution is 2.33. The van der Waals surface area contributed by atoms with E-state index in [2.05, 4.69) is 15.9 Å². The number of hydrogen-bond acceptors (Lipinski definition) is 1. The fourth-order valence-corrected chi connectivity index (χ4v) is 3.06. The van der Waals surface area contributed by atoms with Crippen LogP contribution in [0.4, 0.5) is 4.39 Å². The zero-order valence-electron chi connectivity index (χ0n) is 11.4. The lowest BCUT2D eigenvalue weighted by molar-refractivity contribution is 0.0735. The lowest BCUT2D eigenvalue weighted by atomic mass is 10.0. The monoisotopic (exact) mass is 347 g/mol. The van der Waals surface area contributed by atoms with Crippen LogP contribution in [-0.2, 0) is 0 Å². The van der Waals surface area contributed by atoms with Crippen LogP contribution in [0.2, 0.25) is 0 Å². The molecule has 0 aliphatic carbocycles. The summed E-state index contributed by atoms with van der Waals surface area (Å²) in [5.41, 5.74) is 1.69. The van der Waals surface area contributed by atoms with E-state index in [1.165, 1.54) is 12.1 Å². The molecule has 0 spiro atoms. The maximum Gasteiger partial charge on any atom is 0.254 e. The molecule has 1 aliphatic rings. The van der Waals surface area contributed by atoms with Crippen molar-refractivity contribution in [1.29, 1.82) is 0 Å². The summed E-state index contributed by atoms with van der Waals surface area (Å²) in [6, 6.07) is 13.9. The van der Waals surface area contributed by atoms with Crippen molar-refractivity contribution in [2.24, 2.45) is 0 Å². The molecule has 1 amide bonds. The van der Waals surface area contributed by atoms with E-state index in [1.54, 1.807) is 12.1 Å². The van der Waals surface area contributed by atoms with E-state index in [9.17, 15) is 9.18 Å². The highest BCUT2D eigenvalue weighted by Gasteiger charge is 2.30. The Kier molecular flexibility index (Phi) is 4.06. The van der Waals surface area contributed by atoms with E-state index >= 15 is 0 Å². The van der Waals surface area contributed by atoms with Gasteiger partial charge in [-0.1, -0.05) is 28.1 Å². The van der Waals surface area contributed by atoms with Crippen molar-refractivity contribution < 1.29 is 9.18 Å². The molecule has 2 aromatic carbocycles. The molecule has 1 atom stereocenters. The minimum atomic E-state index is -0.248. The van der Waals surface area contributed by atoms with Crippen LogP contribution in [0.3, 0.4) is 0 Å². The smallest absolute Gasteiger partial charge is 0.254 e. The Hall–Kier alpha value is -1.68. The van der Waals surface area contributed by atoms with Gasteiger partial charge in [-0.2, -0.15) is 0 Å². The molecule has 0 aromatic heterocycles. The van der Waals surface area contributed by atoms with Gasteiger partial charge in [-0.3, -0.25) is 4.79 Å². The summed E-state index contributed by atoms with van der Waals surface area (Å²) in [7, 11) is 0. The zero-order chi connectivity index (χ0) is 14.8. The predicted octanol–water partition coefficient (Wildman–Crippen LogP) is 4.57. The van der Waals surface area contributed by atoms with Crippen molar-refractivity contribution in [2.75, 3.05) is 6.54 Å². The molecule has 108 valence electrons. The molecule has 0 radical (unpaired) electrons. The van der Waals surface area contributed by atoms with E-state index in [0.717, 1.165) is 29.4 Å². The SMILES string of the molecule is O=C(c1ccc(Br)cc1)N1CCCC1c1ccc(F)cc1. The quantitative estimate of drug-likeness (QED) is 0.779. The highest BCUT2D eigenvalue weighted by molar-refractivity contribution is 9.10. The molecule has 1 heterocycles. The third-order valence-corrected chi connectivity index (χ3v) is 4.39. The molecule has 0 N–H and O–H groups in total. The minimum absolute atomic E-state index is 0.0364. The van der Waals surface area contributed by atoms with E-state index in [1.807, 2.05) is 29.2 Å². The fraction of sp³-hybridized carbons (Fsp3) is 0.235. The van der Waals surface area contributed by atoms with Crippen molar-refractivity contribution in [3.8, 4) is 0 Å². The third-order valence-electron chi connectivity index (χ3n) is 3.86. The van der Waals surface area contributed by atoms with Crippen molar-refractivity contribution in [3.05, 3.63) is 69.9 Å². The van der Waals surface area contributed by atoms with Gasteiger partial charge < -0.3 is 4.90 Å². The van der Waals surface area contributed by atoms with Gasteiger partial charge in [0.1, 0.15) is 5.82 Å². The second kappa shape index (κ2) is 5.98. The van der Waals surface area contributed by atoms with E-state index in [4.69, 9.17) is 0 Å². The maximum absolute atomic E-state index is 13.0. The molecule has 0 bridgehead atoms. The van der Waals surface area contributed by atoms with Crippen LogP contribution in [-0.4, -0.2) is 17.4 Å². The van der Waals surface area contributed by atoms with Crippen LogP contribution in [0.1, 0.15) is 34.8 Å². The van der Waals surface area contributed by atoms with Gasteiger partial charge >= 0.3 is 0 Å². The fourth-order valence-electron chi connectivity index (χ4n) is 2.80. The summed E-state index contributed by atoms with van der Waals surface area (Å²) in [5.74, 6) is -0.211. The number of carbonyl (C=O) groups is 1. The molecule has 1 aliphatic heterocycles. The molecule has 1 unspecified atom stereocenters. The number of nitrogens with zero attached hydrogens (tertiary/aromatic N) is 1. The molecule has 2 nitrogen and oxygen atoms in total. The third kappa shape index (κ3) is 3.00. The van der Waals surface area contributed by atoms with Crippen molar-refractivity contribution in [2.45, 2.75) is 18.9 Å². The van der Waals surface area contributed by atoms with Gasteiger partial charge in [0.15, 0.2) is 0 Å². The maximum atomic E-state index is 13.0. The van der Waals surface area contributed by atoms with Crippen LogP contribution in [0.5, 0.6) is 0 Å². The second-order valence-corrected chi connectivity index (χ2v) is 6.13. The molecular formula is C17H15BrFNO. The van der Waals surface area contributed by atoms with Gasteiger partial charge in [-0.05, 0) is 54.8 Å². The molecule has 3 rings (SSSR count). The van der Waals surface area contributed by atoms with Crippen molar-refractivity contribution in [1.82, 2.24) is 4.90 Å². The van der Waals surface area contributed by atoms with Crippen molar-refractivity contribution >= 4 is 21.8 Å². The Labute approximate surface area is 131 Å². The standard InChI is InChI=1S/C17H15BrFNO/c18-14-7-3-13(4-8-14)17(21)20-11-1-2-16(20)12-5-9-15(19)10-6-12/h3-10,16H,1-2,11H2. The average molecular weight is 348 g/mol. The van der Waals surface area contributed by atoms with Gasteiger partial charge in [0.25, 0.3) is 5.91 Å².